The van der Waals surface area contributed by atoms with Crippen LogP contribution in [0, 0.1) is 0 Å². The Kier molecular flexibility index (Phi) is 2.40. The molecule has 0 aliphatic heterocycles. The highest BCUT2D eigenvalue weighted by Gasteiger charge is 2.15. The van der Waals surface area contributed by atoms with Crippen molar-refractivity contribution in [2.75, 3.05) is 0 Å². The summed E-state index contributed by atoms with van der Waals surface area (Å²) in [7, 11) is -5.49. The molecule has 0 spiro atoms. The summed E-state index contributed by atoms with van der Waals surface area (Å²) in [6, 6.07) is 1.43. The number of primary sulfonamides is 1. The smallest absolute Gasteiger partial charge is 0.422 e. The van der Waals surface area contributed by atoms with Gasteiger partial charge >= 0.3 is 7.12 Å². The van der Waals surface area contributed by atoms with Gasteiger partial charge in [-0.15, -0.1) is 0 Å². The lowest BCUT2D eigenvalue weighted by atomic mass is 9.87. The predicted molar refractivity (Wildman–Crippen MR) is 57.9 cm³/mol. The molecule has 1 heterocycles. The maximum absolute atomic E-state index is 11.0. The molecule has 0 saturated heterocycles. The minimum absolute atomic E-state index is 0.145. The zero-order valence-corrected chi connectivity index (χ0v) is 8.75. The molecule has 8 heteroatoms. The first-order valence-corrected chi connectivity index (χ1v) is 5.78. The van der Waals surface area contributed by atoms with Crippen LogP contribution in [0.4, 0.5) is 0 Å². The number of fused-ring (bicyclic) bond motifs is 1. The van der Waals surface area contributed by atoms with E-state index in [1.54, 1.807) is 0 Å². The van der Waals surface area contributed by atoms with Crippen molar-refractivity contribution in [2.24, 2.45) is 5.14 Å². The first-order chi connectivity index (χ1) is 7.38. The molecule has 0 bridgehead atoms. The van der Waals surface area contributed by atoms with Gasteiger partial charge in [0.1, 0.15) is 4.91 Å². The van der Waals surface area contributed by atoms with Gasteiger partial charge in [-0.1, -0.05) is 5.73 Å². The van der Waals surface area contributed by atoms with Crippen LogP contribution in [-0.2, 0) is 10.0 Å². The Bertz CT molecular complexity index is 733. The van der Waals surface area contributed by atoms with Crippen molar-refractivity contribution in [2.45, 2.75) is 0 Å². The molecule has 82 valence electrons. The Morgan fingerprint density at radius 3 is 2.62 bits per heavy atom. The first kappa shape index (κ1) is 11.0. The summed E-state index contributed by atoms with van der Waals surface area (Å²) in [5.41, 5.74) is 5.09. The van der Waals surface area contributed by atoms with E-state index in [9.17, 15) is 8.42 Å². The lowest BCUT2D eigenvalue weighted by Crippen LogP contribution is -2.32. The third kappa shape index (κ3) is 1.89. The topological polar surface area (TPSA) is 116 Å². The first-order valence-electron chi connectivity index (χ1n) is 4.23. The number of sulfonamides is 1. The number of aromatic amines is 1. The lowest BCUT2D eigenvalue weighted by molar-refractivity contribution is 0.424. The molecular weight excluding hydrogens is 231 g/mol. The fourth-order valence-electron chi connectivity index (χ4n) is 1.30. The van der Waals surface area contributed by atoms with E-state index in [0.29, 0.717) is 10.6 Å². The number of hydrogen-bond donors (Lipinski definition) is 4. The van der Waals surface area contributed by atoms with E-state index in [1.165, 1.54) is 12.1 Å². The van der Waals surface area contributed by atoms with Gasteiger partial charge in [0, 0.05) is 10.8 Å². The van der Waals surface area contributed by atoms with E-state index in [2.05, 4.69) is 16.4 Å². The average molecular weight is 238 g/mol. The maximum atomic E-state index is 11.0. The number of nitrogens with one attached hydrogen (secondary N) is 1. The van der Waals surface area contributed by atoms with Gasteiger partial charge in [0.25, 0.3) is 0 Å². The maximum Gasteiger partial charge on any atom is 0.505 e. The molecule has 0 saturated carbocycles. The molecule has 2 rings (SSSR count). The molecule has 0 amide bonds. The van der Waals surface area contributed by atoms with Crippen molar-refractivity contribution in [1.29, 1.82) is 0 Å². The summed E-state index contributed by atoms with van der Waals surface area (Å²) in [6.07, 6.45) is 1.26. The van der Waals surface area contributed by atoms with Gasteiger partial charge in [-0.2, -0.15) is 0 Å². The van der Waals surface area contributed by atoms with Gasteiger partial charge in [0.05, 0.1) is 5.35 Å². The van der Waals surface area contributed by atoms with Crippen molar-refractivity contribution < 1.29 is 18.5 Å². The minimum Gasteiger partial charge on any atom is -0.422 e. The summed E-state index contributed by atoms with van der Waals surface area (Å²) in [5, 5.41) is 23.6. The van der Waals surface area contributed by atoms with E-state index >= 15 is 0 Å². The average Bonchev–Trinajstić information content (AvgIpc) is 2.58. The molecule has 0 atom stereocenters. The highest BCUT2D eigenvalue weighted by molar-refractivity contribution is 7.93. The van der Waals surface area contributed by atoms with Gasteiger partial charge in [-0.25, -0.2) is 13.6 Å². The molecule has 6 nitrogen and oxygen atoms in total. The van der Waals surface area contributed by atoms with Crippen LogP contribution < -0.4 is 21.3 Å². The van der Waals surface area contributed by atoms with Crippen LogP contribution in [0.2, 0.25) is 0 Å². The van der Waals surface area contributed by atoms with Crippen molar-refractivity contribution in [3.63, 3.8) is 0 Å². The van der Waals surface area contributed by atoms with Gasteiger partial charge in [0.2, 0.25) is 10.0 Å². The number of aromatic nitrogens is 1. The summed E-state index contributed by atoms with van der Waals surface area (Å²) >= 11 is 0. The second kappa shape index (κ2) is 3.50. The van der Waals surface area contributed by atoms with Crippen molar-refractivity contribution in [3.8, 4) is 0 Å². The molecular formula is C8H7BN2O4S. The van der Waals surface area contributed by atoms with Crippen LogP contribution in [0.1, 0.15) is 0 Å². The summed E-state index contributed by atoms with van der Waals surface area (Å²) in [4.78, 5) is 2.43. The van der Waals surface area contributed by atoms with Crippen LogP contribution in [0.15, 0.2) is 16.7 Å². The second-order valence-corrected chi connectivity index (χ2v) is 4.76. The van der Waals surface area contributed by atoms with Crippen LogP contribution in [0.5, 0.6) is 0 Å². The second-order valence-electron chi connectivity index (χ2n) is 3.23. The monoisotopic (exact) mass is 238 g/mol. The standard InChI is InChI=1S/C8H7BN2O4S/c10-16(14,15)6-2-1-5-3-8(9(12)13)11-7(5)4-6/h3-4,11-13H,(H2,10,14,15). The molecule has 16 heavy (non-hydrogen) atoms. The van der Waals surface area contributed by atoms with Crippen molar-refractivity contribution >= 4 is 34.5 Å². The normalized spacial score (nSPS) is 13.6. The Labute approximate surface area is 90.9 Å². The molecule has 0 unspecified atom stereocenters. The molecule has 0 aromatic carbocycles. The van der Waals surface area contributed by atoms with Gasteiger partial charge in [0.15, 0.2) is 0 Å². The zero-order chi connectivity index (χ0) is 11.9. The van der Waals surface area contributed by atoms with Gasteiger partial charge < -0.3 is 15.0 Å². The highest BCUT2D eigenvalue weighted by atomic mass is 32.2. The Morgan fingerprint density at radius 2 is 2.06 bits per heavy atom. The van der Waals surface area contributed by atoms with Crippen LogP contribution in [0.3, 0.4) is 0 Å². The molecule has 5 N–H and O–H groups in total. The highest BCUT2D eigenvalue weighted by Crippen LogP contribution is 2.00. The van der Waals surface area contributed by atoms with E-state index < -0.39 is 17.1 Å². The molecule has 0 fully saturated rings. The summed E-state index contributed by atoms with van der Waals surface area (Å²) < 4.78 is 22.1. The lowest BCUT2D eigenvalue weighted by Gasteiger charge is -1.94. The summed E-state index contributed by atoms with van der Waals surface area (Å²) in [6.45, 7) is 0. The minimum atomic E-state index is -3.84. The predicted octanol–water partition coefficient (Wildman–Crippen LogP) is -3.80. The van der Waals surface area contributed by atoms with Crippen LogP contribution in [0.25, 0.3) is 11.8 Å². The largest absolute Gasteiger partial charge is 0.505 e. The molecule has 1 aliphatic carbocycles. The van der Waals surface area contributed by atoms with E-state index in [1.807, 2.05) is 0 Å². The van der Waals surface area contributed by atoms with E-state index in [4.69, 9.17) is 15.2 Å². The van der Waals surface area contributed by atoms with Crippen LogP contribution >= 0.6 is 0 Å². The fourth-order valence-corrected chi connectivity index (χ4v) is 1.77. The van der Waals surface area contributed by atoms with Crippen molar-refractivity contribution in [1.82, 2.24) is 4.98 Å². The Hall–Kier alpha value is -1.53. The summed E-state index contributed by atoms with van der Waals surface area (Å²) in [5.74, 6) is 0. The molecule has 1 aromatic rings. The number of hydrogen-bond acceptors (Lipinski definition) is 4. The third-order valence-corrected chi connectivity index (χ3v) is 2.88. The number of rotatable bonds is 2. The van der Waals surface area contributed by atoms with Crippen molar-refractivity contribution in [3.05, 3.63) is 27.3 Å². The Balaban J connectivity index is 2.71. The van der Waals surface area contributed by atoms with E-state index in [-0.39, 0.29) is 10.5 Å². The molecule has 0 radical (unpaired) electrons. The number of H-pyrrole nitrogens is 1. The zero-order valence-electron chi connectivity index (χ0n) is 7.93. The fraction of sp³-hybridized carbons (Fsp3) is 0. The number of allylic oxidation sites excluding steroid dienone is 1. The molecule has 1 aliphatic rings. The SMILES string of the molecule is NS(=O)(=O)C1=C=C=c2cc(B(O)O)[nH]c2=C1. The van der Waals surface area contributed by atoms with Gasteiger partial charge in [-0.3, -0.25) is 0 Å². The number of nitrogens with two attached hydrogens (primary N) is 1. The van der Waals surface area contributed by atoms with Crippen LogP contribution in [-0.4, -0.2) is 30.6 Å². The quantitative estimate of drug-likeness (QED) is 0.312. The third-order valence-electron chi connectivity index (χ3n) is 2.05. The van der Waals surface area contributed by atoms with Gasteiger partial charge in [-0.05, 0) is 17.9 Å². The Morgan fingerprint density at radius 1 is 1.38 bits per heavy atom. The van der Waals surface area contributed by atoms with E-state index in [0.717, 1.165) is 0 Å². The molecule has 1 aromatic heterocycles.